The van der Waals surface area contributed by atoms with Crippen molar-refractivity contribution in [3.05, 3.63) is 29.6 Å². The summed E-state index contributed by atoms with van der Waals surface area (Å²) >= 11 is 0. The van der Waals surface area contributed by atoms with Gasteiger partial charge in [-0.25, -0.2) is 4.39 Å². The number of methoxy groups -OCH3 is 1. The zero-order valence-electron chi connectivity index (χ0n) is 10.0. The van der Waals surface area contributed by atoms with Gasteiger partial charge in [0, 0.05) is 13.0 Å². The number of aliphatic hydroxyl groups is 1. The van der Waals surface area contributed by atoms with Crippen LogP contribution in [-0.4, -0.2) is 30.9 Å². The summed E-state index contributed by atoms with van der Waals surface area (Å²) in [6.07, 6.45) is 2.18. The molecule has 3 nitrogen and oxygen atoms in total. The van der Waals surface area contributed by atoms with Crippen LogP contribution in [0.25, 0.3) is 0 Å². The van der Waals surface area contributed by atoms with Crippen LogP contribution in [0.4, 0.5) is 4.39 Å². The Balaban J connectivity index is 2.10. The summed E-state index contributed by atoms with van der Waals surface area (Å²) in [6, 6.07) is 4.84. The second-order valence-corrected chi connectivity index (χ2v) is 4.65. The molecule has 1 heterocycles. The highest BCUT2D eigenvalue weighted by Gasteiger charge is 2.29. The molecule has 0 spiro atoms. The Morgan fingerprint density at radius 3 is 2.94 bits per heavy atom. The van der Waals surface area contributed by atoms with Gasteiger partial charge >= 0.3 is 0 Å². The second kappa shape index (κ2) is 5.02. The predicted octanol–water partition coefficient (Wildman–Crippen LogP) is 1.49. The third-order valence-corrected chi connectivity index (χ3v) is 3.20. The molecule has 1 aliphatic rings. The van der Waals surface area contributed by atoms with Gasteiger partial charge in [-0.05, 0) is 37.1 Å². The molecule has 2 N–H and O–H groups in total. The van der Waals surface area contributed by atoms with E-state index in [0.717, 1.165) is 24.9 Å². The number of halogens is 1. The largest absolute Gasteiger partial charge is 0.494 e. The molecule has 1 saturated heterocycles. The monoisotopic (exact) mass is 239 g/mol. The van der Waals surface area contributed by atoms with E-state index < -0.39 is 5.60 Å². The van der Waals surface area contributed by atoms with Crippen LogP contribution in [0.1, 0.15) is 18.4 Å². The first-order valence-electron chi connectivity index (χ1n) is 5.88. The van der Waals surface area contributed by atoms with Gasteiger partial charge < -0.3 is 15.2 Å². The first-order valence-corrected chi connectivity index (χ1v) is 5.88. The summed E-state index contributed by atoms with van der Waals surface area (Å²) in [4.78, 5) is 0. The molecule has 0 amide bonds. The number of piperidine rings is 1. The summed E-state index contributed by atoms with van der Waals surface area (Å²) in [5.74, 6) is -0.139. The van der Waals surface area contributed by atoms with E-state index >= 15 is 0 Å². The molecule has 0 bridgehead atoms. The van der Waals surface area contributed by atoms with Gasteiger partial charge in [0.1, 0.15) is 0 Å². The number of benzene rings is 1. The van der Waals surface area contributed by atoms with Crippen molar-refractivity contribution in [1.29, 1.82) is 0 Å². The molecule has 1 aromatic rings. The van der Waals surface area contributed by atoms with Gasteiger partial charge in [-0.1, -0.05) is 6.07 Å². The average Bonchev–Trinajstić information content (AvgIpc) is 2.29. The maximum Gasteiger partial charge on any atom is 0.165 e. The van der Waals surface area contributed by atoms with Crippen LogP contribution in [-0.2, 0) is 6.42 Å². The molecule has 0 saturated carbocycles. The second-order valence-electron chi connectivity index (χ2n) is 4.65. The van der Waals surface area contributed by atoms with Crippen LogP contribution in [0.2, 0.25) is 0 Å². The Kier molecular flexibility index (Phi) is 3.64. The lowest BCUT2D eigenvalue weighted by Gasteiger charge is -2.32. The van der Waals surface area contributed by atoms with Crippen LogP contribution in [0.15, 0.2) is 18.2 Å². The van der Waals surface area contributed by atoms with Crippen molar-refractivity contribution in [1.82, 2.24) is 5.32 Å². The minimum Gasteiger partial charge on any atom is -0.494 e. The fourth-order valence-corrected chi connectivity index (χ4v) is 2.30. The highest BCUT2D eigenvalue weighted by atomic mass is 19.1. The van der Waals surface area contributed by atoms with Crippen molar-refractivity contribution >= 4 is 0 Å². The van der Waals surface area contributed by atoms with Gasteiger partial charge in [0.25, 0.3) is 0 Å². The zero-order valence-corrected chi connectivity index (χ0v) is 10.0. The molecule has 1 fully saturated rings. The molecule has 0 aromatic heterocycles. The Labute approximate surface area is 101 Å². The van der Waals surface area contributed by atoms with Crippen molar-refractivity contribution < 1.29 is 14.2 Å². The van der Waals surface area contributed by atoms with Gasteiger partial charge in [0.2, 0.25) is 0 Å². The third-order valence-electron chi connectivity index (χ3n) is 3.20. The van der Waals surface area contributed by atoms with E-state index in [-0.39, 0.29) is 11.6 Å². The van der Waals surface area contributed by atoms with Crippen molar-refractivity contribution in [3.63, 3.8) is 0 Å². The molecule has 2 rings (SSSR count). The van der Waals surface area contributed by atoms with Gasteiger partial charge in [0.15, 0.2) is 11.6 Å². The van der Waals surface area contributed by atoms with E-state index in [2.05, 4.69) is 5.32 Å². The third kappa shape index (κ3) is 2.96. The standard InChI is InChI=1S/C13H18FNO2/c1-17-12-4-3-10(7-11(12)14)8-13(16)5-2-6-15-9-13/h3-4,7,15-16H,2,5-6,8-9H2,1H3. The highest BCUT2D eigenvalue weighted by Crippen LogP contribution is 2.24. The van der Waals surface area contributed by atoms with Crippen LogP contribution in [0.3, 0.4) is 0 Å². The minimum atomic E-state index is -0.751. The summed E-state index contributed by atoms with van der Waals surface area (Å²) in [5.41, 5.74) is 0.0497. The summed E-state index contributed by atoms with van der Waals surface area (Å²) in [5, 5.41) is 13.5. The SMILES string of the molecule is COc1ccc(CC2(O)CCCNC2)cc1F. The molecule has 1 atom stereocenters. The predicted molar refractivity (Wildman–Crippen MR) is 63.7 cm³/mol. The molecule has 94 valence electrons. The van der Waals surface area contributed by atoms with E-state index in [0.29, 0.717) is 13.0 Å². The van der Waals surface area contributed by atoms with E-state index in [1.807, 2.05) is 0 Å². The Morgan fingerprint density at radius 1 is 1.53 bits per heavy atom. The molecule has 1 aliphatic heterocycles. The van der Waals surface area contributed by atoms with Crippen molar-refractivity contribution in [2.45, 2.75) is 24.9 Å². The van der Waals surface area contributed by atoms with Gasteiger partial charge in [-0.2, -0.15) is 0 Å². The van der Waals surface area contributed by atoms with Gasteiger partial charge in [0.05, 0.1) is 12.7 Å². The maximum atomic E-state index is 13.5. The molecular weight excluding hydrogens is 221 g/mol. The summed E-state index contributed by atoms with van der Waals surface area (Å²) in [7, 11) is 1.44. The van der Waals surface area contributed by atoms with Gasteiger partial charge in [-0.3, -0.25) is 0 Å². The van der Waals surface area contributed by atoms with E-state index in [1.54, 1.807) is 12.1 Å². The lowest BCUT2D eigenvalue weighted by Crippen LogP contribution is -2.47. The Hall–Kier alpha value is -1.13. The minimum absolute atomic E-state index is 0.238. The highest BCUT2D eigenvalue weighted by molar-refractivity contribution is 5.30. The quantitative estimate of drug-likeness (QED) is 0.839. The molecule has 4 heteroatoms. The summed E-state index contributed by atoms with van der Waals surface area (Å²) in [6.45, 7) is 1.51. The molecular formula is C13H18FNO2. The topological polar surface area (TPSA) is 41.5 Å². The molecule has 17 heavy (non-hydrogen) atoms. The Bertz CT molecular complexity index is 389. The number of hydrogen-bond donors (Lipinski definition) is 2. The molecule has 0 radical (unpaired) electrons. The lowest BCUT2D eigenvalue weighted by atomic mass is 9.87. The first-order chi connectivity index (χ1) is 8.13. The number of rotatable bonds is 3. The first kappa shape index (κ1) is 12.3. The van der Waals surface area contributed by atoms with Crippen LogP contribution >= 0.6 is 0 Å². The normalized spacial score (nSPS) is 24.6. The van der Waals surface area contributed by atoms with Crippen molar-refractivity contribution in [2.75, 3.05) is 20.2 Å². The van der Waals surface area contributed by atoms with Crippen molar-refractivity contribution in [3.8, 4) is 5.75 Å². The number of ether oxygens (including phenoxy) is 1. The number of hydrogen-bond acceptors (Lipinski definition) is 3. The fraction of sp³-hybridized carbons (Fsp3) is 0.538. The zero-order chi connectivity index (χ0) is 12.3. The molecule has 1 unspecified atom stereocenters. The maximum absolute atomic E-state index is 13.5. The molecule has 0 aliphatic carbocycles. The molecule has 1 aromatic carbocycles. The fourth-order valence-electron chi connectivity index (χ4n) is 2.30. The van der Waals surface area contributed by atoms with E-state index in [9.17, 15) is 9.50 Å². The summed E-state index contributed by atoms with van der Waals surface area (Å²) < 4.78 is 18.4. The average molecular weight is 239 g/mol. The van der Waals surface area contributed by atoms with Crippen molar-refractivity contribution in [2.24, 2.45) is 0 Å². The van der Waals surface area contributed by atoms with Gasteiger partial charge in [-0.15, -0.1) is 0 Å². The van der Waals surface area contributed by atoms with E-state index in [1.165, 1.54) is 13.2 Å². The number of β-amino-alcohol motifs (C(OH)–C–C–N with tert-alkyl or cyclic N) is 1. The van der Waals surface area contributed by atoms with Crippen LogP contribution in [0.5, 0.6) is 5.75 Å². The number of nitrogens with one attached hydrogen (secondary N) is 1. The lowest BCUT2D eigenvalue weighted by molar-refractivity contribution is 0.0169. The van der Waals surface area contributed by atoms with Crippen LogP contribution < -0.4 is 10.1 Å². The van der Waals surface area contributed by atoms with Crippen LogP contribution in [0, 0.1) is 5.82 Å². The van der Waals surface area contributed by atoms with E-state index in [4.69, 9.17) is 4.74 Å². The smallest absolute Gasteiger partial charge is 0.165 e. The Morgan fingerprint density at radius 2 is 2.35 bits per heavy atom.